The predicted octanol–water partition coefficient (Wildman–Crippen LogP) is 1.73. The Bertz CT molecular complexity index is 381. The third-order valence-corrected chi connectivity index (χ3v) is 3.49. The van der Waals surface area contributed by atoms with Gasteiger partial charge in [0.2, 0.25) is 5.91 Å². The molecule has 0 aromatic heterocycles. The van der Waals surface area contributed by atoms with Gasteiger partial charge >= 0.3 is 0 Å². The lowest BCUT2D eigenvalue weighted by Gasteiger charge is -2.46. The van der Waals surface area contributed by atoms with Crippen LogP contribution in [0.25, 0.3) is 0 Å². The number of carbonyl (C=O) groups is 2. The Balaban J connectivity index is 0.00000122. The minimum atomic E-state index is -0.250. The summed E-state index contributed by atoms with van der Waals surface area (Å²) in [5.74, 6) is 3.10. The summed E-state index contributed by atoms with van der Waals surface area (Å²) in [5, 5.41) is 10.5. The molecule has 0 unspecified atom stereocenters. The highest BCUT2D eigenvalue weighted by Gasteiger charge is 2.38. The van der Waals surface area contributed by atoms with E-state index in [9.17, 15) is 4.79 Å². The molecule has 1 aliphatic rings. The summed E-state index contributed by atoms with van der Waals surface area (Å²) >= 11 is 0. The van der Waals surface area contributed by atoms with Crippen LogP contribution in [0.2, 0.25) is 0 Å². The van der Waals surface area contributed by atoms with Gasteiger partial charge in [0.05, 0.1) is 6.54 Å². The van der Waals surface area contributed by atoms with Crippen molar-refractivity contribution in [3.8, 4) is 12.3 Å². The van der Waals surface area contributed by atoms with Gasteiger partial charge in [-0.15, -0.1) is 6.42 Å². The Kier molecular flexibility index (Phi) is 7.45. The zero-order valence-corrected chi connectivity index (χ0v) is 13.8. The first-order valence-electron chi connectivity index (χ1n) is 7.11. The molecular formula is C16H28N2O3. The second-order valence-corrected chi connectivity index (χ2v) is 6.93. The van der Waals surface area contributed by atoms with E-state index in [-0.39, 0.29) is 23.5 Å². The average Bonchev–Trinajstić information content (AvgIpc) is 2.25. The Morgan fingerprint density at radius 3 is 2.19 bits per heavy atom. The van der Waals surface area contributed by atoms with Crippen LogP contribution in [-0.2, 0) is 9.59 Å². The number of carboxylic acid groups (broad SMARTS) is 1. The van der Waals surface area contributed by atoms with Crippen LogP contribution in [0.1, 0.15) is 47.0 Å². The molecule has 2 N–H and O–H groups in total. The summed E-state index contributed by atoms with van der Waals surface area (Å²) in [6.45, 7) is 8.97. The number of hydrogen-bond acceptors (Lipinski definition) is 3. The molecule has 0 atom stereocenters. The van der Waals surface area contributed by atoms with Crippen molar-refractivity contribution in [3.63, 3.8) is 0 Å². The van der Waals surface area contributed by atoms with Crippen molar-refractivity contribution < 1.29 is 14.7 Å². The zero-order valence-electron chi connectivity index (χ0n) is 13.8. The van der Waals surface area contributed by atoms with Gasteiger partial charge in [0.15, 0.2) is 0 Å². The smallest absolute Gasteiger partial charge is 0.290 e. The van der Waals surface area contributed by atoms with Crippen LogP contribution < -0.4 is 5.32 Å². The summed E-state index contributed by atoms with van der Waals surface area (Å²) in [4.78, 5) is 22.0. The third kappa shape index (κ3) is 7.72. The number of hydrogen-bond donors (Lipinski definition) is 2. The van der Waals surface area contributed by atoms with Gasteiger partial charge in [0.25, 0.3) is 6.47 Å². The van der Waals surface area contributed by atoms with Gasteiger partial charge in [0.1, 0.15) is 0 Å². The topological polar surface area (TPSA) is 69.6 Å². The largest absolute Gasteiger partial charge is 0.483 e. The van der Waals surface area contributed by atoms with Gasteiger partial charge in [-0.3, -0.25) is 9.59 Å². The van der Waals surface area contributed by atoms with Crippen LogP contribution in [-0.4, -0.2) is 47.1 Å². The highest BCUT2D eigenvalue weighted by molar-refractivity contribution is 5.76. The highest BCUT2D eigenvalue weighted by atomic mass is 16.3. The first-order valence-corrected chi connectivity index (χ1v) is 7.11. The van der Waals surface area contributed by atoms with Crippen LogP contribution >= 0.6 is 0 Å². The second kappa shape index (κ2) is 8.04. The molecule has 0 aromatic carbocycles. The molecule has 0 saturated carbocycles. The van der Waals surface area contributed by atoms with E-state index < -0.39 is 0 Å². The maximum absolute atomic E-state index is 12.0. The average molecular weight is 296 g/mol. The Morgan fingerprint density at radius 1 is 1.38 bits per heavy atom. The van der Waals surface area contributed by atoms with Crippen molar-refractivity contribution in [2.45, 2.75) is 58.0 Å². The molecule has 5 nitrogen and oxygen atoms in total. The first kappa shape index (κ1) is 19.5. The lowest BCUT2D eigenvalue weighted by atomic mass is 9.74. The van der Waals surface area contributed by atoms with E-state index in [0.29, 0.717) is 18.9 Å². The molecule has 5 heteroatoms. The number of amides is 1. The van der Waals surface area contributed by atoms with Crippen LogP contribution in [0.4, 0.5) is 0 Å². The maximum atomic E-state index is 12.0. The second-order valence-electron chi connectivity index (χ2n) is 6.93. The molecular weight excluding hydrogens is 268 g/mol. The van der Waals surface area contributed by atoms with Crippen LogP contribution in [0.15, 0.2) is 0 Å². The van der Waals surface area contributed by atoms with Gasteiger partial charge in [-0.1, -0.05) is 5.92 Å². The molecule has 0 radical (unpaired) electrons. The van der Waals surface area contributed by atoms with E-state index in [2.05, 4.69) is 38.9 Å². The fourth-order valence-electron chi connectivity index (χ4n) is 3.31. The quantitative estimate of drug-likeness (QED) is 0.614. The fraction of sp³-hybridized carbons (Fsp3) is 0.750. The number of nitrogens with one attached hydrogen (secondary N) is 1. The predicted molar refractivity (Wildman–Crippen MR) is 83.8 cm³/mol. The molecule has 1 fully saturated rings. The van der Waals surface area contributed by atoms with Crippen molar-refractivity contribution in [2.75, 3.05) is 13.6 Å². The standard InChI is InChI=1S/C15H26N2O.CH2O2/c1-7-8-17(6)13(18)9-12-10-14(2,3)16-15(4,5)11-12;2-1-3/h1,12,16H,8-11H2,2-6H3;1H,(H,2,3). The molecule has 120 valence electrons. The number of terminal acetylenes is 1. The van der Waals surface area contributed by atoms with E-state index >= 15 is 0 Å². The minimum absolute atomic E-state index is 0.0946. The summed E-state index contributed by atoms with van der Waals surface area (Å²) in [6, 6.07) is 0. The monoisotopic (exact) mass is 296 g/mol. The summed E-state index contributed by atoms with van der Waals surface area (Å²) in [6.07, 6.45) is 7.90. The highest BCUT2D eigenvalue weighted by Crippen LogP contribution is 2.34. The van der Waals surface area contributed by atoms with Gasteiger partial charge in [-0.2, -0.15) is 0 Å². The Labute approximate surface area is 128 Å². The van der Waals surface area contributed by atoms with Crippen LogP contribution in [0, 0.1) is 18.3 Å². The van der Waals surface area contributed by atoms with E-state index in [0.717, 1.165) is 12.8 Å². The molecule has 1 heterocycles. The number of piperidine rings is 1. The number of rotatable bonds is 3. The summed E-state index contributed by atoms with van der Waals surface area (Å²) in [5.41, 5.74) is 0.189. The molecule has 0 spiro atoms. The zero-order chi connectivity index (χ0) is 16.7. The molecule has 1 saturated heterocycles. The fourth-order valence-corrected chi connectivity index (χ4v) is 3.31. The third-order valence-electron chi connectivity index (χ3n) is 3.49. The maximum Gasteiger partial charge on any atom is 0.290 e. The summed E-state index contributed by atoms with van der Waals surface area (Å²) < 4.78 is 0. The minimum Gasteiger partial charge on any atom is -0.483 e. The molecule has 0 bridgehead atoms. The van der Waals surface area contributed by atoms with Crippen molar-refractivity contribution in [3.05, 3.63) is 0 Å². The number of carbonyl (C=O) groups excluding carboxylic acids is 1. The van der Waals surface area contributed by atoms with Gasteiger partial charge in [-0.05, 0) is 46.5 Å². The molecule has 1 amide bonds. The van der Waals surface area contributed by atoms with Crippen LogP contribution in [0.3, 0.4) is 0 Å². The summed E-state index contributed by atoms with van der Waals surface area (Å²) in [7, 11) is 1.78. The lowest BCUT2D eigenvalue weighted by Crippen LogP contribution is -2.58. The Morgan fingerprint density at radius 2 is 1.81 bits per heavy atom. The molecule has 0 aromatic rings. The molecule has 1 rings (SSSR count). The van der Waals surface area contributed by atoms with Crippen molar-refractivity contribution >= 4 is 12.4 Å². The van der Waals surface area contributed by atoms with Crippen molar-refractivity contribution in [1.29, 1.82) is 0 Å². The van der Waals surface area contributed by atoms with E-state index in [4.69, 9.17) is 16.3 Å². The first-order chi connectivity index (χ1) is 9.56. The Hall–Kier alpha value is -1.54. The van der Waals surface area contributed by atoms with Crippen molar-refractivity contribution in [1.82, 2.24) is 10.2 Å². The van der Waals surface area contributed by atoms with E-state index in [1.807, 2.05) is 0 Å². The molecule has 1 aliphatic heterocycles. The van der Waals surface area contributed by atoms with Crippen LogP contribution in [0.5, 0.6) is 0 Å². The molecule has 21 heavy (non-hydrogen) atoms. The molecule has 0 aliphatic carbocycles. The van der Waals surface area contributed by atoms with Gasteiger partial charge in [0, 0.05) is 24.5 Å². The van der Waals surface area contributed by atoms with Crippen molar-refractivity contribution in [2.24, 2.45) is 5.92 Å². The van der Waals surface area contributed by atoms with Gasteiger partial charge < -0.3 is 15.3 Å². The van der Waals surface area contributed by atoms with E-state index in [1.165, 1.54) is 0 Å². The lowest BCUT2D eigenvalue weighted by molar-refractivity contribution is -0.131. The SMILES string of the molecule is C#CCN(C)C(=O)CC1CC(C)(C)NC(C)(C)C1.O=CO. The van der Waals surface area contributed by atoms with E-state index in [1.54, 1.807) is 11.9 Å². The van der Waals surface area contributed by atoms with Gasteiger partial charge in [-0.25, -0.2) is 0 Å². The normalized spacial score (nSPS) is 19.6. The number of nitrogens with zero attached hydrogens (tertiary/aromatic N) is 1.